The first-order chi connectivity index (χ1) is 13.2. The Morgan fingerprint density at radius 1 is 0.963 bits per heavy atom. The monoisotopic (exact) mass is 362 g/mol. The van der Waals surface area contributed by atoms with Gasteiger partial charge in [0.1, 0.15) is 17.4 Å². The average molecular weight is 362 g/mol. The zero-order valence-electron chi connectivity index (χ0n) is 16.1. The number of nitrogens with one attached hydrogen (secondary N) is 2. The summed E-state index contributed by atoms with van der Waals surface area (Å²) in [5.74, 6) is 3.19. The lowest BCUT2D eigenvalue weighted by Crippen LogP contribution is -2.15. The van der Waals surface area contributed by atoms with Gasteiger partial charge in [-0.1, -0.05) is 49.4 Å². The molecule has 5 nitrogen and oxygen atoms in total. The summed E-state index contributed by atoms with van der Waals surface area (Å²) in [6, 6.07) is 20.4. The molecule has 140 valence electrons. The lowest BCUT2D eigenvalue weighted by molar-refractivity contribution is 0.414. The third-order valence-corrected chi connectivity index (χ3v) is 4.40. The third-order valence-electron chi connectivity index (χ3n) is 4.40. The molecule has 2 aromatic carbocycles. The predicted molar refractivity (Wildman–Crippen MR) is 111 cm³/mol. The van der Waals surface area contributed by atoms with Crippen molar-refractivity contribution in [2.24, 2.45) is 0 Å². The molecule has 2 N–H and O–H groups in total. The van der Waals surface area contributed by atoms with Crippen LogP contribution < -0.4 is 15.4 Å². The molecule has 5 heteroatoms. The fourth-order valence-electron chi connectivity index (χ4n) is 2.62. The first kappa shape index (κ1) is 18.7. The first-order valence-electron chi connectivity index (χ1n) is 9.25. The number of hydrogen-bond acceptors (Lipinski definition) is 5. The van der Waals surface area contributed by atoms with Crippen molar-refractivity contribution in [2.75, 3.05) is 17.7 Å². The highest BCUT2D eigenvalue weighted by Crippen LogP contribution is 2.21. The molecule has 0 aliphatic carbocycles. The van der Waals surface area contributed by atoms with Crippen LogP contribution in [0.1, 0.15) is 25.8 Å². The van der Waals surface area contributed by atoms with Crippen molar-refractivity contribution in [1.29, 1.82) is 0 Å². The van der Waals surface area contributed by atoms with Gasteiger partial charge in [0.2, 0.25) is 0 Å². The SMILES string of the molecule is CCC(C)Nc1cc(NCc2ccc(OC)cc2)nc(-c2ccccc2)n1. The first-order valence-corrected chi connectivity index (χ1v) is 9.25. The van der Waals surface area contributed by atoms with E-state index in [-0.39, 0.29) is 0 Å². The quantitative estimate of drug-likeness (QED) is 0.592. The Hall–Kier alpha value is -3.08. The van der Waals surface area contributed by atoms with Crippen LogP contribution in [0.3, 0.4) is 0 Å². The maximum Gasteiger partial charge on any atom is 0.163 e. The Labute approximate surface area is 160 Å². The van der Waals surface area contributed by atoms with E-state index in [2.05, 4.69) is 24.5 Å². The van der Waals surface area contributed by atoms with E-state index in [0.29, 0.717) is 18.4 Å². The van der Waals surface area contributed by atoms with E-state index in [9.17, 15) is 0 Å². The van der Waals surface area contributed by atoms with Gasteiger partial charge in [-0.3, -0.25) is 0 Å². The van der Waals surface area contributed by atoms with Gasteiger partial charge in [-0.05, 0) is 31.0 Å². The normalized spacial score (nSPS) is 11.7. The van der Waals surface area contributed by atoms with Gasteiger partial charge >= 0.3 is 0 Å². The molecule has 0 fully saturated rings. The van der Waals surface area contributed by atoms with E-state index >= 15 is 0 Å². The fraction of sp³-hybridized carbons (Fsp3) is 0.273. The molecule has 0 radical (unpaired) electrons. The molecule has 0 saturated carbocycles. The van der Waals surface area contributed by atoms with Crippen LogP contribution in [-0.2, 0) is 6.54 Å². The third kappa shape index (κ3) is 5.20. The molecule has 3 aromatic rings. The Morgan fingerprint density at radius 2 is 1.67 bits per heavy atom. The summed E-state index contributed by atoms with van der Waals surface area (Å²) in [7, 11) is 1.67. The second kappa shape index (κ2) is 9.03. The molecule has 1 aromatic heterocycles. The second-order valence-electron chi connectivity index (χ2n) is 6.48. The van der Waals surface area contributed by atoms with Crippen molar-refractivity contribution >= 4 is 11.6 Å². The summed E-state index contributed by atoms with van der Waals surface area (Å²) in [6.45, 7) is 4.98. The summed E-state index contributed by atoms with van der Waals surface area (Å²) in [5.41, 5.74) is 2.16. The van der Waals surface area contributed by atoms with E-state index in [1.807, 2.05) is 60.7 Å². The molecule has 1 atom stereocenters. The van der Waals surface area contributed by atoms with Crippen LogP contribution in [0, 0.1) is 0 Å². The summed E-state index contributed by atoms with van der Waals surface area (Å²) in [4.78, 5) is 9.39. The molecular formula is C22H26N4O. The van der Waals surface area contributed by atoms with Crippen molar-refractivity contribution in [1.82, 2.24) is 9.97 Å². The molecule has 0 bridgehead atoms. The number of aromatic nitrogens is 2. The van der Waals surface area contributed by atoms with Crippen molar-refractivity contribution in [2.45, 2.75) is 32.9 Å². The molecule has 0 aliphatic heterocycles. The highest BCUT2D eigenvalue weighted by Gasteiger charge is 2.09. The van der Waals surface area contributed by atoms with Gasteiger partial charge in [0.25, 0.3) is 0 Å². The maximum atomic E-state index is 5.21. The number of anilines is 2. The molecule has 0 aliphatic rings. The van der Waals surface area contributed by atoms with E-state index in [4.69, 9.17) is 14.7 Å². The Kier molecular flexibility index (Phi) is 6.26. The van der Waals surface area contributed by atoms with Gasteiger partial charge < -0.3 is 15.4 Å². The van der Waals surface area contributed by atoms with Gasteiger partial charge in [0, 0.05) is 24.2 Å². The van der Waals surface area contributed by atoms with E-state index in [0.717, 1.165) is 34.9 Å². The van der Waals surface area contributed by atoms with Gasteiger partial charge in [-0.2, -0.15) is 0 Å². The van der Waals surface area contributed by atoms with Crippen LogP contribution in [0.2, 0.25) is 0 Å². The highest BCUT2D eigenvalue weighted by atomic mass is 16.5. The molecule has 0 saturated heterocycles. The molecule has 1 heterocycles. The van der Waals surface area contributed by atoms with E-state index < -0.39 is 0 Å². The van der Waals surface area contributed by atoms with Crippen LogP contribution in [-0.4, -0.2) is 23.1 Å². The van der Waals surface area contributed by atoms with Crippen molar-refractivity contribution in [3.8, 4) is 17.1 Å². The summed E-state index contributed by atoms with van der Waals surface area (Å²) < 4.78 is 5.21. The van der Waals surface area contributed by atoms with Gasteiger partial charge in [0.05, 0.1) is 7.11 Å². The summed E-state index contributed by atoms with van der Waals surface area (Å²) in [6.07, 6.45) is 1.03. The largest absolute Gasteiger partial charge is 0.497 e. The number of nitrogens with zero attached hydrogens (tertiary/aromatic N) is 2. The predicted octanol–water partition coefficient (Wildman–Crippen LogP) is 4.97. The minimum Gasteiger partial charge on any atom is -0.497 e. The van der Waals surface area contributed by atoms with Crippen LogP contribution in [0.25, 0.3) is 11.4 Å². The standard InChI is InChI=1S/C22H26N4O/c1-4-16(2)24-21-14-20(23-15-17-10-12-19(27-3)13-11-17)25-22(26-21)18-8-6-5-7-9-18/h5-14,16H,4,15H2,1-3H3,(H2,23,24,25,26). The van der Waals surface area contributed by atoms with E-state index in [1.165, 1.54) is 0 Å². The fourth-order valence-corrected chi connectivity index (χ4v) is 2.62. The van der Waals surface area contributed by atoms with Gasteiger partial charge in [0.15, 0.2) is 5.82 Å². The smallest absolute Gasteiger partial charge is 0.163 e. The number of hydrogen-bond donors (Lipinski definition) is 2. The molecule has 0 amide bonds. The summed E-state index contributed by atoms with van der Waals surface area (Å²) in [5, 5.41) is 6.86. The summed E-state index contributed by atoms with van der Waals surface area (Å²) >= 11 is 0. The lowest BCUT2D eigenvalue weighted by Gasteiger charge is -2.15. The molecule has 3 rings (SSSR count). The average Bonchev–Trinajstić information content (AvgIpc) is 2.73. The number of methoxy groups -OCH3 is 1. The maximum absolute atomic E-state index is 5.21. The van der Waals surface area contributed by atoms with E-state index in [1.54, 1.807) is 7.11 Å². The Bertz CT molecular complexity index is 850. The Morgan fingerprint density at radius 3 is 2.33 bits per heavy atom. The zero-order valence-corrected chi connectivity index (χ0v) is 16.1. The topological polar surface area (TPSA) is 59.1 Å². The molecular weight excluding hydrogens is 336 g/mol. The van der Waals surface area contributed by atoms with Crippen molar-refractivity contribution < 1.29 is 4.74 Å². The lowest BCUT2D eigenvalue weighted by atomic mass is 10.2. The van der Waals surface area contributed by atoms with Crippen LogP contribution >= 0.6 is 0 Å². The number of rotatable bonds is 8. The van der Waals surface area contributed by atoms with Gasteiger partial charge in [-0.15, -0.1) is 0 Å². The minimum absolute atomic E-state index is 0.345. The number of ether oxygens (including phenoxy) is 1. The highest BCUT2D eigenvalue weighted by molar-refractivity contribution is 5.61. The van der Waals surface area contributed by atoms with Crippen molar-refractivity contribution in [3.63, 3.8) is 0 Å². The Balaban J connectivity index is 1.82. The van der Waals surface area contributed by atoms with Crippen LogP contribution in [0.15, 0.2) is 60.7 Å². The number of benzene rings is 2. The second-order valence-corrected chi connectivity index (χ2v) is 6.48. The van der Waals surface area contributed by atoms with Gasteiger partial charge in [-0.25, -0.2) is 9.97 Å². The molecule has 0 spiro atoms. The minimum atomic E-state index is 0.345. The van der Waals surface area contributed by atoms with Crippen LogP contribution in [0.4, 0.5) is 11.6 Å². The van der Waals surface area contributed by atoms with Crippen LogP contribution in [0.5, 0.6) is 5.75 Å². The van der Waals surface area contributed by atoms with Crippen molar-refractivity contribution in [3.05, 3.63) is 66.2 Å². The molecule has 1 unspecified atom stereocenters. The molecule has 27 heavy (non-hydrogen) atoms. The zero-order chi connectivity index (χ0) is 19.1.